The summed E-state index contributed by atoms with van der Waals surface area (Å²) in [5, 5.41) is 0. The van der Waals surface area contributed by atoms with E-state index in [1.54, 1.807) is 62.3 Å². The molecule has 0 amide bonds. The van der Waals surface area contributed by atoms with Crippen molar-refractivity contribution in [3.63, 3.8) is 0 Å². The summed E-state index contributed by atoms with van der Waals surface area (Å²) >= 11 is 0. The van der Waals surface area contributed by atoms with E-state index in [2.05, 4.69) is 19.7 Å². The lowest BCUT2D eigenvalue weighted by atomic mass is 9.74. The number of hydrogen-bond donors (Lipinski definition) is 0. The lowest BCUT2D eigenvalue weighted by Crippen LogP contribution is -2.51. The van der Waals surface area contributed by atoms with Crippen molar-refractivity contribution in [1.29, 1.82) is 0 Å². The molecule has 0 aromatic rings. The summed E-state index contributed by atoms with van der Waals surface area (Å²) in [6.45, 7) is 26.2. The Kier molecular flexibility index (Phi) is 9.30. The molecule has 30 heavy (non-hydrogen) atoms. The molecule has 0 saturated carbocycles. The average molecular weight is 423 g/mol. The van der Waals surface area contributed by atoms with Gasteiger partial charge in [-0.2, -0.15) is 0 Å². The van der Waals surface area contributed by atoms with Crippen molar-refractivity contribution in [1.82, 2.24) is 0 Å². The molecule has 170 valence electrons. The largest absolute Gasteiger partial charge is 0.456 e. The van der Waals surface area contributed by atoms with Crippen molar-refractivity contribution in [2.45, 2.75) is 92.0 Å². The van der Waals surface area contributed by atoms with Gasteiger partial charge < -0.3 is 14.2 Å². The van der Waals surface area contributed by atoms with E-state index >= 15 is 0 Å². The third-order valence-corrected chi connectivity index (χ3v) is 4.84. The summed E-state index contributed by atoms with van der Waals surface area (Å²) in [5.41, 5.74) is -1.93. The van der Waals surface area contributed by atoms with Gasteiger partial charge in [0.2, 0.25) is 0 Å². The highest BCUT2D eigenvalue weighted by Gasteiger charge is 2.46. The van der Waals surface area contributed by atoms with E-state index in [4.69, 9.17) is 14.2 Å². The summed E-state index contributed by atoms with van der Waals surface area (Å²) in [4.78, 5) is 36.4. The molecule has 0 aromatic carbocycles. The molecular weight excluding hydrogens is 384 g/mol. The molecule has 0 atom stereocenters. The van der Waals surface area contributed by atoms with Crippen LogP contribution >= 0.6 is 0 Å². The van der Waals surface area contributed by atoms with Crippen LogP contribution in [0.25, 0.3) is 0 Å². The summed E-state index contributed by atoms with van der Waals surface area (Å²) in [7, 11) is 0. The standard InChI is InChI=1S/C24H38O6/c1-15(2)19(25)28-22(7,8)14-13-18(23(9,10)29-20(26)16(3)4)24(11,12)30-21(27)17(5)6/h18H,1,3,5,13-14H2,2,4,6-12H3. The van der Waals surface area contributed by atoms with E-state index in [0.717, 1.165) is 0 Å². The highest BCUT2D eigenvalue weighted by atomic mass is 16.6. The van der Waals surface area contributed by atoms with Gasteiger partial charge in [-0.05, 0) is 75.2 Å². The van der Waals surface area contributed by atoms with Gasteiger partial charge in [-0.3, -0.25) is 0 Å². The van der Waals surface area contributed by atoms with Crippen LogP contribution in [-0.2, 0) is 28.6 Å². The van der Waals surface area contributed by atoms with Crippen LogP contribution in [0.15, 0.2) is 36.5 Å². The van der Waals surface area contributed by atoms with Crippen LogP contribution in [-0.4, -0.2) is 34.7 Å². The second kappa shape index (κ2) is 10.1. The fraction of sp³-hybridized carbons (Fsp3) is 0.625. The first-order valence-electron chi connectivity index (χ1n) is 9.99. The predicted molar refractivity (Wildman–Crippen MR) is 118 cm³/mol. The highest BCUT2D eigenvalue weighted by Crippen LogP contribution is 2.39. The number of ether oxygens (including phenoxy) is 3. The van der Waals surface area contributed by atoms with Gasteiger partial charge in [-0.25, -0.2) is 14.4 Å². The van der Waals surface area contributed by atoms with Gasteiger partial charge in [-0.15, -0.1) is 0 Å². The number of rotatable bonds is 11. The molecule has 0 aliphatic rings. The SMILES string of the molecule is C=C(C)C(=O)OC(C)(C)CCC(C(C)(C)OC(=O)C(=C)C)C(C)(C)OC(=O)C(=C)C. The molecule has 0 aliphatic carbocycles. The van der Waals surface area contributed by atoms with E-state index in [0.29, 0.717) is 18.4 Å². The molecule has 0 rings (SSSR count). The summed E-state index contributed by atoms with van der Waals surface area (Å²) in [6, 6.07) is 0. The lowest BCUT2D eigenvalue weighted by molar-refractivity contribution is -0.182. The van der Waals surface area contributed by atoms with Crippen LogP contribution in [0.2, 0.25) is 0 Å². The number of hydrogen-bond acceptors (Lipinski definition) is 6. The first-order valence-corrected chi connectivity index (χ1v) is 9.99. The molecule has 0 fully saturated rings. The molecule has 6 nitrogen and oxygen atoms in total. The topological polar surface area (TPSA) is 78.9 Å². The summed E-state index contributed by atoms with van der Waals surface area (Å²) < 4.78 is 16.9. The summed E-state index contributed by atoms with van der Waals surface area (Å²) in [6.07, 6.45) is 0.891. The fourth-order valence-corrected chi connectivity index (χ4v) is 3.21. The van der Waals surface area contributed by atoms with Crippen LogP contribution in [0.4, 0.5) is 0 Å². The van der Waals surface area contributed by atoms with Gasteiger partial charge in [0.15, 0.2) is 0 Å². The summed E-state index contributed by atoms with van der Waals surface area (Å²) in [5.74, 6) is -1.95. The van der Waals surface area contributed by atoms with Crippen molar-refractivity contribution in [3.05, 3.63) is 36.5 Å². The average Bonchev–Trinajstić information content (AvgIpc) is 2.52. The van der Waals surface area contributed by atoms with Crippen molar-refractivity contribution in [3.8, 4) is 0 Å². The lowest BCUT2D eigenvalue weighted by Gasteiger charge is -2.44. The monoisotopic (exact) mass is 422 g/mol. The maximum Gasteiger partial charge on any atom is 0.333 e. The maximum absolute atomic E-state index is 12.2. The number of carbonyl (C=O) groups excluding carboxylic acids is 3. The van der Waals surface area contributed by atoms with E-state index in [1.165, 1.54) is 0 Å². The van der Waals surface area contributed by atoms with Gasteiger partial charge in [-0.1, -0.05) is 19.7 Å². The minimum absolute atomic E-state index is 0.272. The van der Waals surface area contributed by atoms with Gasteiger partial charge >= 0.3 is 17.9 Å². The Hall–Kier alpha value is -2.37. The Morgan fingerprint density at radius 3 is 1.27 bits per heavy atom. The van der Waals surface area contributed by atoms with Crippen LogP contribution in [0.5, 0.6) is 0 Å². The second-order valence-electron chi connectivity index (χ2n) is 9.57. The smallest absolute Gasteiger partial charge is 0.333 e. The predicted octanol–water partition coefficient (Wildman–Crippen LogP) is 5.08. The third-order valence-electron chi connectivity index (χ3n) is 4.84. The molecule has 0 aliphatic heterocycles. The van der Waals surface area contributed by atoms with Crippen LogP contribution in [0.3, 0.4) is 0 Å². The molecule has 0 unspecified atom stereocenters. The Morgan fingerprint density at radius 1 is 0.667 bits per heavy atom. The second-order valence-corrected chi connectivity index (χ2v) is 9.57. The van der Waals surface area contributed by atoms with E-state index < -0.39 is 40.6 Å². The first-order chi connectivity index (χ1) is 13.3. The van der Waals surface area contributed by atoms with Gasteiger partial charge in [0.05, 0.1) is 0 Å². The molecule has 0 bridgehead atoms. The quantitative estimate of drug-likeness (QED) is 0.263. The maximum atomic E-state index is 12.2. The van der Waals surface area contributed by atoms with Crippen molar-refractivity contribution in [2.75, 3.05) is 0 Å². The fourth-order valence-electron chi connectivity index (χ4n) is 3.21. The van der Waals surface area contributed by atoms with E-state index in [-0.39, 0.29) is 11.1 Å². The van der Waals surface area contributed by atoms with Crippen LogP contribution in [0.1, 0.15) is 75.2 Å². The van der Waals surface area contributed by atoms with Crippen molar-refractivity contribution in [2.24, 2.45) is 5.92 Å². The molecule has 0 saturated heterocycles. The van der Waals surface area contributed by atoms with Crippen molar-refractivity contribution >= 4 is 17.9 Å². The van der Waals surface area contributed by atoms with Crippen molar-refractivity contribution < 1.29 is 28.6 Å². The zero-order valence-corrected chi connectivity index (χ0v) is 20.1. The Labute approximate surface area is 181 Å². The Morgan fingerprint density at radius 2 is 0.967 bits per heavy atom. The highest BCUT2D eigenvalue weighted by molar-refractivity contribution is 5.88. The van der Waals surface area contributed by atoms with Gasteiger partial charge in [0.25, 0.3) is 0 Å². The molecule has 0 N–H and O–H groups in total. The molecule has 6 heteroatoms. The zero-order valence-electron chi connectivity index (χ0n) is 20.1. The third kappa shape index (κ3) is 8.56. The van der Waals surface area contributed by atoms with Crippen LogP contribution in [0, 0.1) is 5.92 Å². The normalized spacial score (nSPS) is 12.2. The van der Waals surface area contributed by atoms with Crippen LogP contribution < -0.4 is 0 Å². The molecule has 0 aromatic heterocycles. The minimum Gasteiger partial charge on any atom is -0.456 e. The van der Waals surface area contributed by atoms with E-state index in [9.17, 15) is 14.4 Å². The van der Waals surface area contributed by atoms with Gasteiger partial charge in [0, 0.05) is 22.6 Å². The van der Waals surface area contributed by atoms with Gasteiger partial charge in [0.1, 0.15) is 16.8 Å². The Balaban J connectivity index is 5.83. The first kappa shape index (κ1) is 27.6. The number of carbonyl (C=O) groups is 3. The molecular formula is C24H38O6. The minimum atomic E-state index is -0.997. The van der Waals surface area contributed by atoms with E-state index in [1.807, 2.05) is 0 Å². The molecule has 0 radical (unpaired) electrons. The Bertz CT molecular complexity index is 684. The molecule has 0 heterocycles. The zero-order chi connectivity index (χ0) is 24.1. The molecule has 0 spiro atoms. The number of esters is 3.